The van der Waals surface area contributed by atoms with E-state index >= 15 is 0 Å². The van der Waals surface area contributed by atoms with Gasteiger partial charge in [-0.1, -0.05) is 23.9 Å². The highest BCUT2D eigenvalue weighted by molar-refractivity contribution is 7.99. The highest BCUT2D eigenvalue weighted by atomic mass is 32.2. The smallest absolute Gasteiger partial charge is 0.270 e. The predicted molar refractivity (Wildman–Crippen MR) is 124 cm³/mol. The third kappa shape index (κ3) is 5.17. The molecule has 1 aromatic carbocycles. The molecular weight excluding hydrogens is 450 g/mol. The van der Waals surface area contributed by atoms with Crippen molar-refractivity contribution in [2.24, 2.45) is 0 Å². The van der Waals surface area contributed by atoms with E-state index in [1.807, 2.05) is 13.8 Å². The van der Waals surface area contributed by atoms with Gasteiger partial charge in [0, 0.05) is 35.4 Å². The largest absolute Gasteiger partial charge is 0.376 e. The highest BCUT2D eigenvalue weighted by Crippen LogP contribution is 2.28. The zero-order valence-electron chi connectivity index (χ0n) is 17.7. The minimum absolute atomic E-state index is 0.00146. The van der Waals surface area contributed by atoms with E-state index in [0.29, 0.717) is 16.4 Å². The first-order chi connectivity index (χ1) is 15.4. The molecule has 3 aromatic rings. The summed E-state index contributed by atoms with van der Waals surface area (Å²) in [7, 11) is 0. The summed E-state index contributed by atoms with van der Waals surface area (Å²) in [4.78, 5) is 32.1. The van der Waals surface area contributed by atoms with Crippen molar-refractivity contribution in [1.29, 1.82) is 0 Å². The number of thiazole rings is 1. The van der Waals surface area contributed by atoms with Gasteiger partial charge in [-0.3, -0.25) is 14.9 Å². The molecule has 11 heteroatoms. The number of hydrogen-bond donors (Lipinski definition) is 1. The van der Waals surface area contributed by atoms with Crippen molar-refractivity contribution in [2.75, 3.05) is 17.7 Å². The Balaban J connectivity index is 1.37. The second kappa shape index (κ2) is 9.80. The zero-order chi connectivity index (χ0) is 22.7. The number of nitrogens with one attached hydrogen (secondary N) is 1. The van der Waals surface area contributed by atoms with Gasteiger partial charge in [0.15, 0.2) is 10.3 Å². The van der Waals surface area contributed by atoms with Crippen molar-refractivity contribution in [2.45, 2.75) is 44.5 Å². The van der Waals surface area contributed by atoms with Crippen molar-refractivity contribution < 1.29 is 14.5 Å². The lowest BCUT2D eigenvalue weighted by Crippen LogP contribution is -2.18. The van der Waals surface area contributed by atoms with Gasteiger partial charge in [-0.25, -0.2) is 9.97 Å². The van der Waals surface area contributed by atoms with Crippen LogP contribution in [-0.4, -0.2) is 43.8 Å². The molecule has 3 heterocycles. The second-order valence-corrected chi connectivity index (χ2v) is 9.29. The van der Waals surface area contributed by atoms with Crippen LogP contribution in [-0.2, 0) is 16.1 Å². The van der Waals surface area contributed by atoms with Crippen LogP contribution in [0.25, 0.3) is 11.3 Å². The molecule has 4 rings (SSSR count). The lowest BCUT2D eigenvalue weighted by molar-refractivity contribution is -0.384. The maximum Gasteiger partial charge on any atom is 0.270 e. The van der Waals surface area contributed by atoms with Crippen LogP contribution in [0.5, 0.6) is 0 Å². The fourth-order valence-electron chi connectivity index (χ4n) is 3.47. The van der Waals surface area contributed by atoms with Crippen molar-refractivity contribution in [1.82, 2.24) is 14.5 Å². The Morgan fingerprint density at radius 1 is 1.41 bits per heavy atom. The number of nitro benzene ring substituents is 1. The highest BCUT2D eigenvalue weighted by Gasteiger charge is 2.21. The molecular formula is C21H23N5O4S2. The number of imidazole rings is 1. The number of benzene rings is 1. The number of carbonyl (C=O) groups excluding carboxylic acids is 1. The average Bonchev–Trinajstić information content (AvgIpc) is 3.51. The quantitative estimate of drug-likeness (QED) is 0.292. The molecule has 0 radical (unpaired) electrons. The number of nitro groups is 1. The van der Waals surface area contributed by atoms with Crippen molar-refractivity contribution in [3.05, 3.63) is 51.1 Å². The van der Waals surface area contributed by atoms with E-state index < -0.39 is 4.92 Å². The molecule has 1 amide bonds. The number of rotatable bonds is 8. The Morgan fingerprint density at radius 3 is 3.00 bits per heavy atom. The number of carbonyl (C=O) groups is 1. The monoisotopic (exact) mass is 473 g/mol. The zero-order valence-corrected chi connectivity index (χ0v) is 19.4. The van der Waals surface area contributed by atoms with Gasteiger partial charge in [-0.2, -0.15) is 0 Å². The normalized spacial score (nSPS) is 15.8. The van der Waals surface area contributed by atoms with Crippen LogP contribution in [0.15, 0.2) is 34.8 Å². The van der Waals surface area contributed by atoms with Gasteiger partial charge >= 0.3 is 0 Å². The van der Waals surface area contributed by atoms with Gasteiger partial charge in [-0.05, 0) is 26.7 Å². The Labute approximate surface area is 193 Å². The molecule has 0 bridgehead atoms. The topological polar surface area (TPSA) is 112 Å². The van der Waals surface area contributed by atoms with Gasteiger partial charge in [0.25, 0.3) is 5.69 Å². The molecule has 1 atom stereocenters. The number of nitrogens with zero attached hydrogens (tertiary/aromatic N) is 4. The van der Waals surface area contributed by atoms with Gasteiger partial charge in [-0.15, -0.1) is 11.3 Å². The van der Waals surface area contributed by atoms with Crippen molar-refractivity contribution in [3.63, 3.8) is 0 Å². The number of hydrogen-bond acceptors (Lipinski definition) is 8. The molecule has 0 spiro atoms. The fraction of sp³-hybridized carbons (Fsp3) is 0.381. The Morgan fingerprint density at radius 2 is 2.25 bits per heavy atom. The first kappa shape index (κ1) is 22.4. The number of ether oxygens (including phenoxy) is 1. The number of non-ortho nitro benzene ring substituents is 1. The molecule has 1 aliphatic rings. The average molecular weight is 474 g/mol. The maximum absolute atomic E-state index is 12.5. The molecule has 0 aliphatic carbocycles. The Hall–Kier alpha value is -2.76. The molecule has 1 aliphatic heterocycles. The third-order valence-corrected chi connectivity index (χ3v) is 7.00. The molecule has 32 heavy (non-hydrogen) atoms. The number of aryl methyl sites for hydroxylation is 1. The summed E-state index contributed by atoms with van der Waals surface area (Å²) in [6.07, 6.45) is 2.31. The van der Waals surface area contributed by atoms with E-state index in [-0.39, 0.29) is 23.5 Å². The predicted octanol–water partition coefficient (Wildman–Crippen LogP) is 4.44. The van der Waals surface area contributed by atoms with Crippen LogP contribution in [0, 0.1) is 24.0 Å². The van der Waals surface area contributed by atoms with E-state index in [0.717, 1.165) is 42.5 Å². The van der Waals surface area contributed by atoms with Crippen LogP contribution < -0.4 is 5.32 Å². The summed E-state index contributed by atoms with van der Waals surface area (Å²) >= 11 is 2.67. The molecule has 1 fully saturated rings. The molecule has 1 N–H and O–H groups in total. The molecule has 9 nitrogen and oxygen atoms in total. The van der Waals surface area contributed by atoms with Crippen LogP contribution in [0.3, 0.4) is 0 Å². The van der Waals surface area contributed by atoms with Gasteiger partial charge < -0.3 is 14.6 Å². The van der Waals surface area contributed by atoms with Crippen molar-refractivity contribution >= 4 is 39.8 Å². The number of thioether (sulfide) groups is 1. The minimum atomic E-state index is -0.443. The number of aromatic nitrogens is 3. The van der Waals surface area contributed by atoms with E-state index in [1.54, 1.807) is 17.5 Å². The molecule has 168 valence electrons. The van der Waals surface area contributed by atoms with Crippen LogP contribution in [0.4, 0.5) is 10.8 Å². The standard InChI is InChI=1S/C21H23N5O4S2/c1-13-14(2)25(10-17-7-4-8-30-17)21(22-13)32-12-19(27)24-20-23-18(11-31-20)15-5-3-6-16(9-15)26(28)29/h3,5-6,9,11,17H,4,7-8,10,12H2,1-2H3,(H,23,24,27)/t17-/m1/s1. The summed E-state index contributed by atoms with van der Waals surface area (Å²) in [5.41, 5.74) is 3.26. The van der Waals surface area contributed by atoms with E-state index in [1.165, 1.54) is 35.2 Å². The van der Waals surface area contributed by atoms with Crippen molar-refractivity contribution in [3.8, 4) is 11.3 Å². The SMILES string of the molecule is Cc1nc(SCC(=O)Nc2nc(-c3cccc([N+](=O)[O-])c3)cs2)n(C[C@H]2CCCO2)c1C. The summed E-state index contributed by atoms with van der Waals surface area (Å²) in [5.74, 6) is 0.0181. The van der Waals surface area contributed by atoms with Crippen LogP contribution in [0.2, 0.25) is 0 Å². The van der Waals surface area contributed by atoms with E-state index in [2.05, 4.69) is 19.9 Å². The summed E-state index contributed by atoms with van der Waals surface area (Å²) in [6.45, 7) is 5.55. The molecule has 2 aromatic heterocycles. The summed E-state index contributed by atoms with van der Waals surface area (Å²) in [5, 5.41) is 16.8. The minimum Gasteiger partial charge on any atom is -0.376 e. The first-order valence-corrected chi connectivity index (χ1v) is 12.1. The van der Waals surface area contributed by atoms with E-state index in [9.17, 15) is 14.9 Å². The Bertz CT molecular complexity index is 1140. The third-order valence-electron chi connectivity index (χ3n) is 5.27. The fourth-order valence-corrected chi connectivity index (χ4v) is 5.11. The van der Waals surface area contributed by atoms with Crippen LogP contribution in [0.1, 0.15) is 24.2 Å². The molecule has 0 saturated carbocycles. The Kier molecular flexibility index (Phi) is 6.87. The van der Waals surface area contributed by atoms with Crippen LogP contribution >= 0.6 is 23.1 Å². The molecule has 0 unspecified atom stereocenters. The van der Waals surface area contributed by atoms with Gasteiger partial charge in [0.1, 0.15) is 0 Å². The summed E-state index contributed by atoms with van der Waals surface area (Å²) in [6, 6.07) is 6.27. The molecule has 1 saturated heterocycles. The lowest BCUT2D eigenvalue weighted by Gasteiger charge is -2.14. The maximum atomic E-state index is 12.5. The summed E-state index contributed by atoms with van der Waals surface area (Å²) < 4.78 is 7.89. The first-order valence-electron chi connectivity index (χ1n) is 10.2. The lowest BCUT2D eigenvalue weighted by atomic mass is 10.1. The number of amides is 1. The second-order valence-electron chi connectivity index (χ2n) is 7.49. The van der Waals surface area contributed by atoms with E-state index in [4.69, 9.17) is 4.74 Å². The van der Waals surface area contributed by atoms with Gasteiger partial charge in [0.2, 0.25) is 5.91 Å². The van der Waals surface area contributed by atoms with Gasteiger partial charge in [0.05, 0.1) is 34.7 Å². The number of anilines is 1.